The Morgan fingerprint density at radius 3 is 2.68 bits per heavy atom. The van der Waals surface area contributed by atoms with Gasteiger partial charge in [0, 0.05) is 17.0 Å². The highest BCUT2D eigenvalue weighted by molar-refractivity contribution is 7.14. The molecule has 1 atom stereocenters. The number of methoxy groups -OCH3 is 1. The smallest absolute Gasteiger partial charge is 0.265 e. The van der Waals surface area contributed by atoms with Crippen LogP contribution in [0.1, 0.15) is 60.1 Å². The van der Waals surface area contributed by atoms with E-state index in [1.807, 2.05) is 20.8 Å². The summed E-state index contributed by atoms with van der Waals surface area (Å²) in [7, 11) is 1.64. The van der Waals surface area contributed by atoms with E-state index in [-0.39, 0.29) is 11.3 Å². The molecule has 1 amide bonds. The van der Waals surface area contributed by atoms with Crippen LogP contribution in [0.25, 0.3) is 0 Å². The number of aliphatic hydroxyl groups is 1. The molecule has 0 aliphatic heterocycles. The summed E-state index contributed by atoms with van der Waals surface area (Å²) in [6, 6.07) is 0. The highest BCUT2D eigenvalue weighted by Crippen LogP contribution is 2.39. The Bertz CT molecular complexity index is 531. The molecule has 1 unspecified atom stereocenters. The molecule has 1 aromatic rings. The first kappa shape index (κ1) is 17.3. The largest absolute Gasteiger partial charge is 0.495 e. The fourth-order valence-corrected chi connectivity index (χ4v) is 4.01. The van der Waals surface area contributed by atoms with Crippen molar-refractivity contribution in [3.8, 4) is 5.75 Å². The standard InChI is InChI=1S/C17H27NO3S/c1-17(2,3)13(19)9-10-18-16(20)15-14(21-4)11-7-5-6-8-12(11)22-15/h13,19H,5-10H2,1-4H3,(H,18,20). The fourth-order valence-electron chi connectivity index (χ4n) is 2.74. The van der Waals surface area contributed by atoms with Gasteiger partial charge in [-0.05, 0) is 37.5 Å². The van der Waals surface area contributed by atoms with Crippen molar-refractivity contribution in [3.05, 3.63) is 15.3 Å². The minimum atomic E-state index is -0.425. The lowest BCUT2D eigenvalue weighted by Gasteiger charge is -2.25. The van der Waals surface area contributed by atoms with Gasteiger partial charge >= 0.3 is 0 Å². The van der Waals surface area contributed by atoms with Gasteiger partial charge in [-0.15, -0.1) is 11.3 Å². The second kappa shape index (κ2) is 7.01. The summed E-state index contributed by atoms with van der Waals surface area (Å²) in [5, 5.41) is 12.9. The number of aryl methyl sites for hydroxylation is 1. The number of rotatable bonds is 5. The number of aliphatic hydroxyl groups excluding tert-OH is 1. The predicted molar refractivity (Wildman–Crippen MR) is 89.9 cm³/mol. The summed E-state index contributed by atoms with van der Waals surface area (Å²) in [5.41, 5.74) is 1.06. The number of hydrogen-bond acceptors (Lipinski definition) is 4. The maximum atomic E-state index is 12.4. The molecule has 4 nitrogen and oxygen atoms in total. The third kappa shape index (κ3) is 3.82. The van der Waals surface area contributed by atoms with Crippen LogP contribution in [-0.4, -0.2) is 30.8 Å². The minimum Gasteiger partial charge on any atom is -0.495 e. The van der Waals surface area contributed by atoms with Gasteiger partial charge in [0.25, 0.3) is 5.91 Å². The highest BCUT2D eigenvalue weighted by atomic mass is 32.1. The van der Waals surface area contributed by atoms with Gasteiger partial charge < -0.3 is 15.2 Å². The second-order valence-corrected chi connectivity index (χ2v) is 8.10. The summed E-state index contributed by atoms with van der Waals surface area (Å²) < 4.78 is 5.49. The van der Waals surface area contributed by atoms with Crippen LogP contribution < -0.4 is 10.1 Å². The van der Waals surface area contributed by atoms with Crippen LogP contribution in [0.4, 0.5) is 0 Å². The van der Waals surface area contributed by atoms with E-state index in [4.69, 9.17) is 4.74 Å². The van der Waals surface area contributed by atoms with E-state index >= 15 is 0 Å². The normalized spacial score (nSPS) is 16.0. The maximum absolute atomic E-state index is 12.4. The zero-order valence-corrected chi connectivity index (χ0v) is 14.8. The summed E-state index contributed by atoms with van der Waals surface area (Å²) in [6.45, 7) is 6.46. The van der Waals surface area contributed by atoms with Crippen molar-refractivity contribution in [3.63, 3.8) is 0 Å². The number of hydrogen-bond donors (Lipinski definition) is 2. The van der Waals surface area contributed by atoms with Gasteiger partial charge in [-0.1, -0.05) is 20.8 Å². The van der Waals surface area contributed by atoms with Crippen LogP contribution in [0, 0.1) is 5.41 Å². The number of fused-ring (bicyclic) bond motifs is 1. The van der Waals surface area contributed by atoms with Crippen molar-refractivity contribution < 1.29 is 14.6 Å². The van der Waals surface area contributed by atoms with Gasteiger partial charge in [-0.2, -0.15) is 0 Å². The molecule has 124 valence electrons. The second-order valence-electron chi connectivity index (χ2n) is 7.00. The maximum Gasteiger partial charge on any atom is 0.265 e. The quantitative estimate of drug-likeness (QED) is 0.874. The Labute approximate surface area is 136 Å². The lowest BCUT2D eigenvalue weighted by Crippen LogP contribution is -2.32. The van der Waals surface area contributed by atoms with E-state index < -0.39 is 6.10 Å². The Balaban J connectivity index is 2.00. The summed E-state index contributed by atoms with van der Waals surface area (Å²) in [5.74, 6) is 0.672. The average molecular weight is 325 g/mol. The average Bonchev–Trinajstić information content (AvgIpc) is 2.84. The van der Waals surface area contributed by atoms with E-state index in [1.165, 1.54) is 23.3 Å². The monoisotopic (exact) mass is 325 g/mol. The zero-order chi connectivity index (χ0) is 16.3. The van der Waals surface area contributed by atoms with E-state index in [1.54, 1.807) is 18.4 Å². The fraction of sp³-hybridized carbons (Fsp3) is 0.706. The number of carbonyl (C=O) groups is 1. The van der Waals surface area contributed by atoms with E-state index in [0.29, 0.717) is 17.8 Å². The highest BCUT2D eigenvalue weighted by Gasteiger charge is 2.26. The van der Waals surface area contributed by atoms with Gasteiger partial charge in [-0.3, -0.25) is 4.79 Å². The van der Waals surface area contributed by atoms with Crippen molar-refractivity contribution in [1.29, 1.82) is 0 Å². The molecule has 0 saturated heterocycles. The third-order valence-electron chi connectivity index (χ3n) is 4.24. The lowest BCUT2D eigenvalue weighted by atomic mass is 9.87. The molecule has 1 aromatic heterocycles. The predicted octanol–water partition coefficient (Wildman–Crippen LogP) is 3.16. The molecule has 1 heterocycles. The lowest BCUT2D eigenvalue weighted by molar-refractivity contribution is 0.0551. The van der Waals surface area contributed by atoms with Gasteiger partial charge in [0.1, 0.15) is 10.6 Å². The van der Waals surface area contributed by atoms with Crippen LogP contribution in [0.3, 0.4) is 0 Å². The number of ether oxygens (including phenoxy) is 1. The van der Waals surface area contributed by atoms with Crippen molar-refractivity contribution in [2.75, 3.05) is 13.7 Å². The molecule has 0 radical (unpaired) electrons. The first-order valence-corrected chi connectivity index (χ1v) is 8.81. The van der Waals surface area contributed by atoms with Crippen LogP contribution in [0.15, 0.2) is 0 Å². The Hall–Kier alpha value is -1.07. The van der Waals surface area contributed by atoms with Gasteiger partial charge in [0.15, 0.2) is 0 Å². The minimum absolute atomic E-state index is 0.0858. The molecule has 1 aliphatic carbocycles. The van der Waals surface area contributed by atoms with Crippen LogP contribution in [-0.2, 0) is 12.8 Å². The van der Waals surface area contributed by atoms with Crippen LogP contribution in [0.2, 0.25) is 0 Å². The third-order valence-corrected chi connectivity index (χ3v) is 5.51. The van der Waals surface area contributed by atoms with Crippen molar-refractivity contribution >= 4 is 17.2 Å². The summed E-state index contributed by atoms with van der Waals surface area (Å²) in [4.78, 5) is 14.4. The molecule has 2 N–H and O–H groups in total. The molecular weight excluding hydrogens is 298 g/mol. The van der Waals surface area contributed by atoms with Gasteiger partial charge in [0.05, 0.1) is 13.2 Å². The molecule has 0 aromatic carbocycles. The summed E-state index contributed by atoms with van der Waals surface area (Å²) >= 11 is 1.56. The van der Waals surface area contributed by atoms with Gasteiger partial charge in [0.2, 0.25) is 0 Å². The molecule has 5 heteroatoms. The van der Waals surface area contributed by atoms with E-state index in [0.717, 1.165) is 18.6 Å². The number of thiophene rings is 1. The zero-order valence-electron chi connectivity index (χ0n) is 14.0. The molecule has 22 heavy (non-hydrogen) atoms. The molecule has 0 spiro atoms. The molecule has 0 bridgehead atoms. The van der Waals surface area contributed by atoms with Crippen molar-refractivity contribution in [2.45, 2.75) is 59.0 Å². The van der Waals surface area contributed by atoms with Gasteiger partial charge in [-0.25, -0.2) is 0 Å². The first-order valence-electron chi connectivity index (χ1n) is 7.99. The molecule has 0 fully saturated rings. The van der Waals surface area contributed by atoms with Crippen molar-refractivity contribution in [1.82, 2.24) is 5.32 Å². The SMILES string of the molecule is COc1c(C(=O)NCCC(O)C(C)(C)C)sc2c1CCCC2. The van der Waals surface area contributed by atoms with Crippen LogP contribution in [0.5, 0.6) is 5.75 Å². The molecule has 2 rings (SSSR count). The number of nitrogens with one attached hydrogen (secondary N) is 1. The molecule has 0 saturated carbocycles. The van der Waals surface area contributed by atoms with Crippen molar-refractivity contribution in [2.24, 2.45) is 5.41 Å². The Kier molecular flexibility index (Phi) is 5.50. The Morgan fingerprint density at radius 2 is 2.05 bits per heavy atom. The van der Waals surface area contributed by atoms with E-state index in [9.17, 15) is 9.90 Å². The summed E-state index contributed by atoms with van der Waals surface area (Å²) in [6.07, 6.45) is 4.54. The Morgan fingerprint density at radius 1 is 1.36 bits per heavy atom. The topological polar surface area (TPSA) is 58.6 Å². The van der Waals surface area contributed by atoms with Crippen LogP contribution >= 0.6 is 11.3 Å². The molecule has 1 aliphatic rings. The number of carbonyl (C=O) groups excluding carboxylic acids is 1. The molecular formula is C17H27NO3S. The van der Waals surface area contributed by atoms with E-state index in [2.05, 4.69) is 5.32 Å². The first-order chi connectivity index (χ1) is 10.3. The number of amides is 1.